The number of rotatable bonds is 6. The number of hydrogen-bond acceptors (Lipinski definition) is 3. The summed E-state index contributed by atoms with van der Waals surface area (Å²) in [4.78, 5) is 19.1. The molecule has 3 rings (SSSR count). The number of benzene rings is 2. The molecule has 0 atom stereocenters. The van der Waals surface area contributed by atoms with Gasteiger partial charge in [0, 0.05) is 0 Å². The molecule has 122 valence electrons. The van der Waals surface area contributed by atoms with E-state index in [2.05, 4.69) is 15.3 Å². The molecule has 0 unspecified atom stereocenters. The maximum atomic E-state index is 13.4. The molecule has 0 saturated heterocycles. The number of nitrogens with one attached hydrogen (secondary N) is 2. The van der Waals surface area contributed by atoms with Gasteiger partial charge in [0.15, 0.2) is 18.2 Å². The Morgan fingerprint density at radius 3 is 2.67 bits per heavy atom. The average molecular weight is 325 g/mol. The van der Waals surface area contributed by atoms with E-state index in [4.69, 9.17) is 4.74 Å². The third-order valence-electron chi connectivity index (χ3n) is 3.36. The molecule has 1 aromatic heterocycles. The number of amides is 1. The first-order chi connectivity index (χ1) is 11.7. The van der Waals surface area contributed by atoms with Crippen LogP contribution in [-0.2, 0) is 11.3 Å². The summed E-state index contributed by atoms with van der Waals surface area (Å²) in [6.45, 7) is -0.0144. The smallest absolute Gasteiger partial charge is 0.258 e. The highest BCUT2D eigenvalue weighted by Gasteiger charge is 2.08. The van der Waals surface area contributed by atoms with Gasteiger partial charge in [0.1, 0.15) is 5.82 Å². The summed E-state index contributed by atoms with van der Waals surface area (Å²) in [5, 5.41) is 2.67. The minimum absolute atomic E-state index is 0.0528. The second kappa shape index (κ2) is 7.41. The van der Waals surface area contributed by atoms with E-state index in [1.165, 1.54) is 12.1 Å². The van der Waals surface area contributed by atoms with Crippen LogP contribution in [0.3, 0.4) is 0 Å². The standard InChI is InChI=1S/C18H16FN3O2/c19-14-8-4-5-9-16(14)24-12-18(23)21-11-17-20-10-15(22-17)13-6-2-1-3-7-13/h1-10H,11-12H2,(H,20,22)(H,21,23). The topological polar surface area (TPSA) is 67.0 Å². The number of carbonyl (C=O) groups excluding carboxylic acids is 1. The van der Waals surface area contributed by atoms with Crippen molar-refractivity contribution in [3.63, 3.8) is 0 Å². The summed E-state index contributed by atoms with van der Waals surface area (Å²) >= 11 is 0. The number of H-pyrrole nitrogens is 1. The number of hydrogen-bond donors (Lipinski definition) is 2. The van der Waals surface area contributed by atoms with Gasteiger partial charge in [-0.15, -0.1) is 0 Å². The molecule has 1 heterocycles. The first kappa shape index (κ1) is 15.7. The van der Waals surface area contributed by atoms with E-state index in [-0.39, 0.29) is 24.8 Å². The van der Waals surface area contributed by atoms with E-state index in [1.807, 2.05) is 30.3 Å². The second-order valence-corrected chi connectivity index (χ2v) is 5.11. The Labute approximate surface area is 138 Å². The van der Waals surface area contributed by atoms with Crippen molar-refractivity contribution in [3.05, 3.63) is 72.4 Å². The molecule has 5 nitrogen and oxygen atoms in total. The molecule has 0 bridgehead atoms. The van der Waals surface area contributed by atoms with Crippen molar-refractivity contribution in [2.24, 2.45) is 0 Å². The van der Waals surface area contributed by atoms with Gasteiger partial charge in [-0.3, -0.25) is 4.79 Å². The van der Waals surface area contributed by atoms with Crippen molar-refractivity contribution in [1.82, 2.24) is 15.3 Å². The Morgan fingerprint density at radius 2 is 1.88 bits per heavy atom. The Morgan fingerprint density at radius 1 is 1.12 bits per heavy atom. The summed E-state index contributed by atoms with van der Waals surface area (Å²) in [6, 6.07) is 15.7. The third kappa shape index (κ3) is 3.98. The van der Waals surface area contributed by atoms with Gasteiger partial charge in [0.2, 0.25) is 0 Å². The molecule has 0 spiro atoms. The fourth-order valence-electron chi connectivity index (χ4n) is 2.16. The fourth-order valence-corrected chi connectivity index (χ4v) is 2.16. The number of imidazole rings is 1. The molecule has 0 radical (unpaired) electrons. The lowest BCUT2D eigenvalue weighted by Gasteiger charge is -2.07. The molecule has 0 aliphatic carbocycles. The number of carbonyl (C=O) groups is 1. The van der Waals surface area contributed by atoms with Crippen LogP contribution in [0.25, 0.3) is 11.3 Å². The minimum Gasteiger partial charge on any atom is -0.481 e. The maximum Gasteiger partial charge on any atom is 0.258 e. The summed E-state index contributed by atoms with van der Waals surface area (Å²) < 4.78 is 18.5. The number of halogens is 1. The van der Waals surface area contributed by atoms with Gasteiger partial charge in [0.05, 0.1) is 18.4 Å². The van der Waals surface area contributed by atoms with Gasteiger partial charge in [-0.1, -0.05) is 42.5 Å². The zero-order chi connectivity index (χ0) is 16.8. The monoisotopic (exact) mass is 325 g/mol. The van der Waals surface area contributed by atoms with Crippen molar-refractivity contribution in [3.8, 4) is 17.0 Å². The van der Waals surface area contributed by atoms with Gasteiger partial charge in [-0.25, -0.2) is 9.37 Å². The van der Waals surface area contributed by atoms with Crippen LogP contribution in [0.1, 0.15) is 5.82 Å². The maximum absolute atomic E-state index is 13.4. The number of aromatic nitrogens is 2. The SMILES string of the molecule is O=C(COc1ccccc1F)NCc1ncc(-c2ccccc2)[nH]1. The summed E-state index contributed by atoms with van der Waals surface area (Å²) in [6.07, 6.45) is 1.71. The molecule has 1 amide bonds. The predicted octanol–water partition coefficient (Wildman–Crippen LogP) is 2.91. The van der Waals surface area contributed by atoms with Crippen molar-refractivity contribution in [2.45, 2.75) is 6.54 Å². The average Bonchev–Trinajstić information content (AvgIpc) is 3.09. The molecule has 0 aliphatic rings. The highest BCUT2D eigenvalue weighted by molar-refractivity contribution is 5.77. The second-order valence-electron chi connectivity index (χ2n) is 5.11. The molecule has 6 heteroatoms. The van der Waals surface area contributed by atoms with E-state index in [9.17, 15) is 9.18 Å². The zero-order valence-corrected chi connectivity index (χ0v) is 12.8. The fraction of sp³-hybridized carbons (Fsp3) is 0.111. The number of nitrogens with zero attached hydrogens (tertiary/aromatic N) is 1. The zero-order valence-electron chi connectivity index (χ0n) is 12.8. The lowest BCUT2D eigenvalue weighted by atomic mass is 10.2. The number of aromatic amines is 1. The third-order valence-corrected chi connectivity index (χ3v) is 3.36. The van der Waals surface area contributed by atoms with E-state index in [0.29, 0.717) is 5.82 Å². The lowest BCUT2D eigenvalue weighted by Crippen LogP contribution is -2.28. The van der Waals surface area contributed by atoms with Crippen molar-refractivity contribution < 1.29 is 13.9 Å². The summed E-state index contributed by atoms with van der Waals surface area (Å²) in [5.74, 6) is -0.162. The number of ether oxygens (including phenoxy) is 1. The molecule has 3 aromatic rings. The van der Waals surface area contributed by atoms with Crippen molar-refractivity contribution in [2.75, 3.05) is 6.61 Å². The quantitative estimate of drug-likeness (QED) is 0.732. The highest BCUT2D eigenvalue weighted by atomic mass is 19.1. The van der Waals surface area contributed by atoms with Gasteiger partial charge in [-0.2, -0.15) is 0 Å². The molecule has 24 heavy (non-hydrogen) atoms. The Kier molecular flexibility index (Phi) is 4.86. The lowest BCUT2D eigenvalue weighted by molar-refractivity contribution is -0.123. The van der Waals surface area contributed by atoms with Gasteiger partial charge in [-0.05, 0) is 17.7 Å². The van der Waals surface area contributed by atoms with Crippen LogP contribution in [0.5, 0.6) is 5.75 Å². The van der Waals surface area contributed by atoms with Gasteiger partial charge >= 0.3 is 0 Å². The molecular weight excluding hydrogens is 309 g/mol. The van der Waals surface area contributed by atoms with Crippen LogP contribution in [0.4, 0.5) is 4.39 Å². The van der Waals surface area contributed by atoms with Crippen LogP contribution in [0.2, 0.25) is 0 Å². The van der Waals surface area contributed by atoms with Gasteiger partial charge < -0.3 is 15.0 Å². The largest absolute Gasteiger partial charge is 0.481 e. The molecular formula is C18H16FN3O2. The van der Waals surface area contributed by atoms with E-state index in [1.54, 1.807) is 18.3 Å². The van der Waals surface area contributed by atoms with E-state index >= 15 is 0 Å². The van der Waals surface area contributed by atoms with Crippen LogP contribution in [-0.4, -0.2) is 22.5 Å². The van der Waals surface area contributed by atoms with Crippen LogP contribution in [0.15, 0.2) is 60.8 Å². The molecule has 0 aliphatic heterocycles. The van der Waals surface area contributed by atoms with Crippen LogP contribution in [0, 0.1) is 5.82 Å². The Bertz CT molecular complexity index is 818. The van der Waals surface area contributed by atoms with E-state index < -0.39 is 5.82 Å². The summed E-state index contributed by atoms with van der Waals surface area (Å²) in [7, 11) is 0. The molecule has 2 N–H and O–H groups in total. The van der Waals surface area contributed by atoms with Crippen LogP contribution < -0.4 is 10.1 Å². The first-order valence-corrected chi connectivity index (χ1v) is 7.46. The van der Waals surface area contributed by atoms with Crippen molar-refractivity contribution >= 4 is 5.91 Å². The van der Waals surface area contributed by atoms with Crippen LogP contribution >= 0.6 is 0 Å². The Balaban J connectivity index is 1.50. The summed E-state index contributed by atoms with van der Waals surface area (Å²) in [5.41, 5.74) is 1.90. The van der Waals surface area contributed by atoms with Gasteiger partial charge in [0.25, 0.3) is 5.91 Å². The molecule has 0 saturated carbocycles. The number of para-hydroxylation sites is 1. The van der Waals surface area contributed by atoms with E-state index in [0.717, 1.165) is 11.3 Å². The Hall–Kier alpha value is -3.15. The first-order valence-electron chi connectivity index (χ1n) is 7.46. The molecule has 0 fully saturated rings. The van der Waals surface area contributed by atoms with Crippen molar-refractivity contribution in [1.29, 1.82) is 0 Å². The highest BCUT2D eigenvalue weighted by Crippen LogP contribution is 2.16. The normalized spacial score (nSPS) is 10.4. The predicted molar refractivity (Wildman–Crippen MR) is 87.8 cm³/mol. The molecule has 2 aromatic carbocycles. The minimum atomic E-state index is -0.496.